The van der Waals surface area contributed by atoms with Gasteiger partial charge < -0.3 is 15.4 Å². The second-order valence-electron chi connectivity index (χ2n) is 7.54. The Bertz CT molecular complexity index is 419. The van der Waals surface area contributed by atoms with Gasteiger partial charge in [-0.3, -0.25) is 9.69 Å². The Hall–Kier alpha value is -1.30. The molecule has 22 heavy (non-hydrogen) atoms. The fraction of sp³-hybridized carbons (Fsp3) is 0.875. The van der Waals surface area contributed by atoms with Crippen molar-refractivity contribution in [2.45, 2.75) is 64.6 Å². The average Bonchev–Trinajstić information content (AvgIpc) is 2.85. The van der Waals surface area contributed by atoms with Crippen LogP contribution in [-0.4, -0.2) is 54.2 Å². The number of rotatable bonds is 2. The van der Waals surface area contributed by atoms with Crippen molar-refractivity contribution in [1.82, 2.24) is 15.5 Å². The molecule has 0 bridgehead atoms. The Morgan fingerprint density at radius 1 is 1.27 bits per heavy atom. The first-order chi connectivity index (χ1) is 10.3. The number of nitrogens with zero attached hydrogens (tertiary/aromatic N) is 1. The molecule has 0 aromatic heterocycles. The number of hydrogen-bond acceptors (Lipinski definition) is 4. The number of piperidine rings is 1. The molecule has 126 valence electrons. The summed E-state index contributed by atoms with van der Waals surface area (Å²) >= 11 is 0. The fourth-order valence-corrected chi connectivity index (χ4v) is 3.14. The third-order valence-electron chi connectivity index (χ3n) is 4.10. The molecule has 2 aliphatic rings. The van der Waals surface area contributed by atoms with Crippen LogP contribution in [0.5, 0.6) is 0 Å². The van der Waals surface area contributed by atoms with E-state index in [4.69, 9.17) is 4.74 Å². The second-order valence-corrected chi connectivity index (χ2v) is 7.54. The molecule has 2 saturated heterocycles. The molecule has 6 heteroatoms. The van der Waals surface area contributed by atoms with E-state index in [0.29, 0.717) is 18.9 Å². The number of hydrogen-bond donors (Lipinski definition) is 2. The first-order valence-electron chi connectivity index (χ1n) is 8.27. The summed E-state index contributed by atoms with van der Waals surface area (Å²) in [6, 6.07) is -0.246. The fourth-order valence-electron chi connectivity index (χ4n) is 3.14. The van der Waals surface area contributed by atoms with Gasteiger partial charge >= 0.3 is 6.09 Å². The number of ether oxygens (including phenoxy) is 1. The van der Waals surface area contributed by atoms with E-state index in [2.05, 4.69) is 17.6 Å². The van der Waals surface area contributed by atoms with Crippen molar-refractivity contribution in [1.29, 1.82) is 0 Å². The van der Waals surface area contributed by atoms with Gasteiger partial charge in [-0.15, -0.1) is 0 Å². The van der Waals surface area contributed by atoms with E-state index >= 15 is 0 Å². The van der Waals surface area contributed by atoms with E-state index in [1.54, 1.807) is 4.90 Å². The number of carbonyl (C=O) groups excluding carboxylic acids is 2. The largest absolute Gasteiger partial charge is 0.444 e. The summed E-state index contributed by atoms with van der Waals surface area (Å²) in [7, 11) is 0. The normalized spacial score (nSPS) is 29.3. The third-order valence-corrected chi connectivity index (χ3v) is 4.10. The lowest BCUT2D eigenvalue weighted by atomic mass is 9.97. The van der Waals surface area contributed by atoms with E-state index in [-0.39, 0.29) is 18.0 Å². The number of amides is 2. The first-order valence-corrected chi connectivity index (χ1v) is 8.27. The molecule has 2 rings (SSSR count). The summed E-state index contributed by atoms with van der Waals surface area (Å²) in [5.41, 5.74) is -0.538. The summed E-state index contributed by atoms with van der Waals surface area (Å²) < 4.78 is 5.40. The molecule has 2 heterocycles. The summed E-state index contributed by atoms with van der Waals surface area (Å²) in [6.45, 7) is 10.1. The van der Waals surface area contributed by atoms with Gasteiger partial charge in [0.2, 0.25) is 5.91 Å². The molecule has 6 nitrogen and oxygen atoms in total. The Balaban J connectivity index is 1.92. The SMILES string of the molecule is CC1CNCC(NC(=O)C2CCCN2C(=O)OC(C)(C)C)C1. The monoisotopic (exact) mass is 311 g/mol. The lowest BCUT2D eigenvalue weighted by molar-refractivity contribution is -0.126. The van der Waals surface area contributed by atoms with Gasteiger partial charge in [-0.2, -0.15) is 0 Å². The van der Waals surface area contributed by atoms with Crippen molar-refractivity contribution < 1.29 is 14.3 Å². The van der Waals surface area contributed by atoms with Crippen LogP contribution in [0.1, 0.15) is 47.0 Å². The number of carbonyl (C=O) groups is 2. The van der Waals surface area contributed by atoms with Gasteiger partial charge in [0.25, 0.3) is 0 Å². The smallest absolute Gasteiger partial charge is 0.410 e. The van der Waals surface area contributed by atoms with Crippen LogP contribution in [-0.2, 0) is 9.53 Å². The molecule has 0 aromatic carbocycles. The minimum atomic E-state index is -0.538. The van der Waals surface area contributed by atoms with Crippen LogP contribution in [0.3, 0.4) is 0 Å². The number of likely N-dealkylation sites (tertiary alicyclic amines) is 1. The number of nitrogens with one attached hydrogen (secondary N) is 2. The highest BCUT2D eigenvalue weighted by atomic mass is 16.6. The van der Waals surface area contributed by atoms with Gasteiger partial charge in [0, 0.05) is 19.1 Å². The highest BCUT2D eigenvalue weighted by Crippen LogP contribution is 2.21. The summed E-state index contributed by atoms with van der Waals surface area (Å²) in [5.74, 6) is 0.508. The van der Waals surface area contributed by atoms with Gasteiger partial charge in [-0.25, -0.2) is 4.79 Å². The molecular weight excluding hydrogens is 282 g/mol. The minimum Gasteiger partial charge on any atom is -0.444 e. The van der Waals surface area contributed by atoms with Crippen LogP contribution >= 0.6 is 0 Å². The maximum absolute atomic E-state index is 12.5. The van der Waals surface area contributed by atoms with Crippen molar-refractivity contribution in [3.8, 4) is 0 Å². The van der Waals surface area contributed by atoms with Crippen molar-refractivity contribution >= 4 is 12.0 Å². The lowest BCUT2D eigenvalue weighted by Crippen LogP contribution is -2.54. The zero-order valence-electron chi connectivity index (χ0n) is 14.1. The van der Waals surface area contributed by atoms with Gasteiger partial charge in [-0.1, -0.05) is 6.92 Å². The molecular formula is C16H29N3O3. The average molecular weight is 311 g/mol. The Kier molecular flexibility index (Phi) is 5.32. The second kappa shape index (κ2) is 6.86. The van der Waals surface area contributed by atoms with Crippen LogP contribution in [0.25, 0.3) is 0 Å². The molecule has 2 fully saturated rings. The van der Waals surface area contributed by atoms with Crippen molar-refractivity contribution in [2.24, 2.45) is 5.92 Å². The van der Waals surface area contributed by atoms with Crippen LogP contribution < -0.4 is 10.6 Å². The molecule has 0 spiro atoms. The summed E-state index contributed by atoms with van der Waals surface area (Å²) in [5, 5.41) is 6.41. The Morgan fingerprint density at radius 2 is 2.00 bits per heavy atom. The van der Waals surface area contributed by atoms with Crippen molar-refractivity contribution in [3.63, 3.8) is 0 Å². The summed E-state index contributed by atoms with van der Waals surface area (Å²) in [4.78, 5) is 26.3. The van der Waals surface area contributed by atoms with Crippen molar-refractivity contribution in [3.05, 3.63) is 0 Å². The minimum absolute atomic E-state index is 0.0516. The zero-order valence-corrected chi connectivity index (χ0v) is 14.1. The molecule has 3 unspecified atom stereocenters. The van der Waals surface area contributed by atoms with E-state index in [1.165, 1.54) is 0 Å². The Morgan fingerprint density at radius 3 is 2.64 bits per heavy atom. The van der Waals surface area contributed by atoms with Gasteiger partial charge in [-0.05, 0) is 52.5 Å². The maximum atomic E-state index is 12.5. The van der Waals surface area contributed by atoms with Crippen molar-refractivity contribution in [2.75, 3.05) is 19.6 Å². The molecule has 3 atom stereocenters. The maximum Gasteiger partial charge on any atom is 0.410 e. The molecule has 2 amide bonds. The van der Waals surface area contributed by atoms with Crippen LogP contribution in [0.15, 0.2) is 0 Å². The third kappa shape index (κ3) is 4.60. The molecule has 2 aliphatic heterocycles. The van der Waals surface area contributed by atoms with E-state index < -0.39 is 11.6 Å². The van der Waals surface area contributed by atoms with Gasteiger partial charge in [0.1, 0.15) is 11.6 Å². The van der Waals surface area contributed by atoms with Crippen LogP contribution in [0.2, 0.25) is 0 Å². The van der Waals surface area contributed by atoms with E-state index in [9.17, 15) is 9.59 Å². The topological polar surface area (TPSA) is 70.7 Å². The van der Waals surface area contributed by atoms with Crippen LogP contribution in [0.4, 0.5) is 4.79 Å². The van der Waals surface area contributed by atoms with Gasteiger partial charge in [0.05, 0.1) is 0 Å². The highest BCUT2D eigenvalue weighted by Gasteiger charge is 2.37. The van der Waals surface area contributed by atoms with Gasteiger partial charge in [0.15, 0.2) is 0 Å². The quantitative estimate of drug-likeness (QED) is 0.811. The highest BCUT2D eigenvalue weighted by molar-refractivity contribution is 5.86. The Labute approximate surface area is 132 Å². The van der Waals surface area contributed by atoms with Crippen LogP contribution in [0, 0.1) is 5.92 Å². The molecule has 0 aromatic rings. The zero-order chi connectivity index (χ0) is 16.3. The predicted octanol–water partition coefficient (Wildman–Crippen LogP) is 1.50. The molecule has 0 saturated carbocycles. The summed E-state index contributed by atoms with van der Waals surface area (Å²) in [6.07, 6.45) is 2.15. The molecule has 0 radical (unpaired) electrons. The molecule has 0 aliphatic carbocycles. The lowest BCUT2D eigenvalue weighted by Gasteiger charge is -2.31. The van der Waals surface area contributed by atoms with E-state index in [0.717, 1.165) is 25.9 Å². The predicted molar refractivity (Wildman–Crippen MR) is 84.5 cm³/mol. The standard InChI is InChI=1S/C16H29N3O3/c1-11-8-12(10-17-9-11)18-14(20)13-6-5-7-19(13)15(21)22-16(2,3)4/h11-13,17H,5-10H2,1-4H3,(H,18,20). The molecule has 2 N–H and O–H groups in total. The van der Waals surface area contributed by atoms with E-state index in [1.807, 2.05) is 20.8 Å². The first kappa shape index (κ1) is 17.1.